The topological polar surface area (TPSA) is 92.2 Å². The summed E-state index contributed by atoms with van der Waals surface area (Å²) in [4.78, 5) is 0. The highest BCUT2D eigenvalue weighted by Gasteiger charge is 2.49. The normalized spacial score (nSPS) is 33.0. The molecule has 0 aliphatic carbocycles. The minimum absolute atomic E-state index is 0.193. The van der Waals surface area contributed by atoms with Crippen LogP contribution in [0.3, 0.4) is 0 Å². The maximum absolute atomic E-state index is 10.7. The van der Waals surface area contributed by atoms with Gasteiger partial charge >= 0.3 is 0 Å². The van der Waals surface area contributed by atoms with E-state index < -0.39 is 12.4 Å². The molecule has 2 aliphatic rings. The molecule has 23 heavy (non-hydrogen) atoms. The predicted molar refractivity (Wildman–Crippen MR) is 83.0 cm³/mol. The van der Waals surface area contributed by atoms with Gasteiger partial charge in [-0.3, -0.25) is 0 Å². The fourth-order valence-corrected chi connectivity index (χ4v) is 3.11. The molecule has 3 rings (SSSR count). The molecule has 2 fully saturated rings. The van der Waals surface area contributed by atoms with Gasteiger partial charge in [0, 0.05) is 25.8 Å². The molecule has 0 saturated carbocycles. The second-order valence-corrected chi connectivity index (χ2v) is 5.87. The highest BCUT2D eigenvalue weighted by Crippen LogP contribution is 2.28. The summed E-state index contributed by atoms with van der Waals surface area (Å²) >= 11 is 0. The first kappa shape index (κ1) is 16.6. The summed E-state index contributed by atoms with van der Waals surface area (Å²) < 4.78 is 16.5. The Balaban J connectivity index is 1.62. The lowest BCUT2D eigenvalue weighted by atomic mass is 9.95. The van der Waals surface area contributed by atoms with Crippen LogP contribution in [-0.4, -0.2) is 67.7 Å². The van der Waals surface area contributed by atoms with Gasteiger partial charge in [-0.25, -0.2) is 0 Å². The number of rotatable bonds is 7. The molecule has 0 spiro atoms. The third-order valence-electron chi connectivity index (χ3n) is 4.37. The third kappa shape index (κ3) is 3.65. The lowest BCUT2D eigenvalue weighted by Gasteiger charge is -2.39. The van der Waals surface area contributed by atoms with Crippen molar-refractivity contribution >= 4 is 0 Å². The van der Waals surface area contributed by atoms with Gasteiger partial charge in [0.2, 0.25) is 0 Å². The average molecular weight is 324 g/mol. The van der Waals surface area contributed by atoms with Gasteiger partial charge in [0.15, 0.2) is 6.29 Å². The molecular formula is C16H24N2O5. The van der Waals surface area contributed by atoms with E-state index in [4.69, 9.17) is 14.2 Å². The number of fused-ring (bicyclic) bond motifs is 2. The maximum Gasteiger partial charge on any atom is 0.176 e. The molecular weight excluding hydrogens is 300 g/mol. The van der Waals surface area contributed by atoms with Crippen molar-refractivity contribution in [2.24, 2.45) is 0 Å². The number of aliphatic hydroxyl groups is 1. The minimum Gasteiger partial charge on any atom is -0.508 e. The zero-order valence-electron chi connectivity index (χ0n) is 13.1. The first-order valence-corrected chi connectivity index (χ1v) is 7.88. The summed E-state index contributed by atoms with van der Waals surface area (Å²) in [5.74, 6) is 0.238. The van der Waals surface area contributed by atoms with Crippen molar-refractivity contribution < 1.29 is 24.4 Å². The molecule has 1 aromatic rings. The Morgan fingerprint density at radius 3 is 2.87 bits per heavy atom. The summed E-state index contributed by atoms with van der Waals surface area (Å²) in [6, 6.07) is 6.56. The maximum atomic E-state index is 10.7. The lowest BCUT2D eigenvalue weighted by Crippen LogP contribution is -2.63. The molecule has 0 unspecified atom stereocenters. The van der Waals surface area contributed by atoms with Crippen molar-refractivity contribution in [2.45, 2.75) is 37.1 Å². The Morgan fingerprint density at radius 1 is 1.26 bits per heavy atom. The summed E-state index contributed by atoms with van der Waals surface area (Å²) in [6.45, 7) is 2.06. The van der Waals surface area contributed by atoms with Crippen molar-refractivity contribution in [1.82, 2.24) is 10.6 Å². The summed E-state index contributed by atoms with van der Waals surface area (Å²) in [5, 5.41) is 27.0. The molecule has 0 aromatic heterocycles. The number of aromatic hydroxyl groups is 1. The van der Waals surface area contributed by atoms with Crippen LogP contribution in [0.15, 0.2) is 24.3 Å². The SMILES string of the molecule is COCCN[C@H]1[C@@H]2OC[C@@H](O2)[C@@H](NCc2ccccc2O)[C@@H]1O. The Labute approximate surface area is 135 Å². The molecule has 4 N–H and O–H groups in total. The molecule has 128 valence electrons. The lowest BCUT2D eigenvalue weighted by molar-refractivity contribution is -0.153. The summed E-state index contributed by atoms with van der Waals surface area (Å²) in [7, 11) is 1.63. The zero-order chi connectivity index (χ0) is 16.2. The van der Waals surface area contributed by atoms with Crippen molar-refractivity contribution in [3.63, 3.8) is 0 Å². The van der Waals surface area contributed by atoms with Crippen molar-refractivity contribution in [3.8, 4) is 5.75 Å². The first-order chi connectivity index (χ1) is 11.2. The highest BCUT2D eigenvalue weighted by molar-refractivity contribution is 5.31. The second kappa shape index (κ2) is 7.57. The number of hydrogen-bond acceptors (Lipinski definition) is 7. The van der Waals surface area contributed by atoms with Crippen LogP contribution >= 0.6 is 0 Å². The third-order valence-corrected chi connectivity index (χ3v) is 4.37. The van der Waals surface area contributed by atoms with E-state index in [1.54, 1.807) is 19.2 Å². The molecule has 2 saturated heterocycles. The van der Waals surface area contributed by atoms with Gasteiger partial charge in [0.25, 0.3) is 0 Å². The fourth-order valence-electron chi connectivity index (χ4n) is 3.11. The number of aliphatic hydroxyl groups excluding tert-OH is 1. The van der Waals surface area contributed by atoms with Crippen LogP contribution in [-0.2, 0) is 20.8 Å². The van der Waals surface area contributed by atoms with Gasteiger partial charge in [-0.15, -0.1) is 0 Å². The molecule has 2 aliphatic heterocycles. The van der Waals surface area contributed by atoms with E-state index in [-0.39, 0.29) is 23.9 Å². The molecule has 0 radical (unpaired) electrons. The Bertz CT molecular complexity index is 515. The van der Waals surface area contributed by atoms with Gasteiger partial charge in [-0.05, 0) is 6.07 Å². The smallest absolute Gasteiger partial charge is 0.176 e. The van der Waals surface area contributed by atoms with Crippen LogP contribution in [0.1, 0.15) is 5.56 Å². The zero-order valence-corrected chi connectivity index (χ0v) is 13.1. The second-order valence-electron chi connectivity index (χ2n) is 5.87. The number of benzene rings is 1. The fraction of sp³-hybridized carbons (Fsp3) is 0.625. The average Bonchev–Trinajstić information content (AvgIpc) is 2.98. The number of hydrogen-bond donors (Lipinski definition) is 4. The van der Waals surface area contributed by atoms with Crippen LogP contribution in [0.2, 0.25) is 0 Å². The van der Waals surface area contributed by atoms with Crippen molar-refractivity contribution in [3.05, 3.63) is 29.8 Å². The van der Waals surface area contributed by atoms with Gasteiger partial charge in [-0.1, -0.05) is 18.2 Å². The van der Waals surface area contributed by atoms with Crippen LogP contribution in [0, 0.1) is 0 Å². The number of para-hydroxylation sites is 1. The van der Waals surface area contributed by atoms with E-state index in [0.29, 0.717) is 26.3 Å². The largest absolute Gasteiger partial charge is 0.508 e. The van der Waals surface area contributed by atoms with E-state index in [2.05, 4.69) is 10.6 Å². The molecule has 2 heterocycles. The van der Waals surface area contributed by atoms with Gasteiger partial charge in [-0.2, -0.15) is 0 Å². The monoisotopic (exact) mass is 324 g/mol. The molecule has 7 heteroatoms. The molecule has 2 bridgehead atoms. The van der Waals surface area contributed by atoms with E-state index in [1.807, 2.05) is 12.1 Å². The van der Waals surface area contributed by atoms with Gasteiger partial charge in [0.05, 0.1) is 31.4 Å². The molecule has 7 nitrogen and oxygen atoms in total. The van der Waals surface area contributed by atoms with Crippen LogP contribution < -0.4 is 10.6 Å². The highest BCUT2D eigenvalue weighted by atomic mass is 16.7. The van der Waals surface area contributed by atoms with Gasteiger partial charge in [0.1, 0.15) is 11.9 Å². The number of methoxy groups -OCH3 is 1. The predicted octanol–water partition coefficient (Wildman–Crippen LogP) is -0.429. The summed E-state index contributed by atoms with van der Waals surface area (Å²) in [6.07, 6.45) is -1.28. The van der Waals surface area contributed by atoms with Crippen LogP contribution in [0.5, 0.6) is 5.75 Å². The molecule has 1 aromatic carbocycles. The molecule has 0 amide bonds. The van der Waals surface area contributed by atoms with E-state index in [1.165, 1.54) is 0 Å². The van der Waals surface area contributed by atoms with Crippen LogP contribution in [0.25, 0.3) is 0 Å². The first-order valence-electron chi connectivity index (χ1n) is 7.88. The Hall–Kier alpha value is -1.22. The molecule has 5 atom stereocenters. The van der Waals surface area contributed by atoms with Crippen molar-refractivity contribution in [2.75, 3.05) is 26.9 Å². The Morgan fingerprint density at radius 2 is 2.09 bits per heavy atom. The van der Waals surface area contributed by atoms with Crippen LogP contribution in [0.4, 0.5) is 0 Å². The van der Waals surface area contributed by atoms with E-state index >= 15 is 0 Å². The van der Waals surface area contributed by atoms with Crippen molar-refractivity contribution in [1.29, 1.82) is 0 Å². The minimum atomic E-state index is -0.649. The quantitative estimate of drug-likeness (QED) is 0.506. The van der Waals surface area contributed by atoms with E-state index in [9.17, 15) is 10.2 Å². The summed E-state index contributed by atoms with van der Waals surface area (Å²) in [5.41, 5.74) is 0.782. The van der Waals surface area contributed by atoms with E-state index in [0.717, 1.165) is 5.56 Å². The van der Waals surface area contributed by atoms with Gasteiger partial charge < -0.3 is 35.1 Å². The number of phenols is 1. The standard InChI is InChI=1S/C16H24N2O5/c1-21-7-6-17-14-15(20)13(12-9-22-16(14)23-12)18-8-10-4-2-3-5-11(10)19/h2-5,12-20H,6-9H2,1H3/t12-,13-,14-,15+,16-/m1/s1. The number of nitrogens with one attached hydrogen (secondary N) is 2. The number of ether oxygens (including phenoxy) is 3. The Kier molecular flexibility index (Phi) is 5.47. The number of phenolic OH excluding ortho intramolecular Hbond substituents is 1.